The third-order valence-corrected chi connectivity index (χ3v) is 5.04. The summed E-state index contributed by atoms with van der Waals surface area (Å²) in [5, 5.41) is 9.67. The second-order valence-electron chi connectivity index (χ2n) is 6.91. The summed E-state index contributed by atoms with van der Waals surface area (Å²) in [6.07, 6.45) is 14.4. The maximum absolute atomic E-state index is 12.1. The Morgan fingerprint density at radius 3 is 2.50 bits per heavy atom. The van der Waals surface area contributed by atoms with Gasteiger partial charge in [-0.25, -0.2) is 0 Å². The van der Waals surface area contributed by atoms with Crippen molar-refractivity contribution in [2.24, 2.45) is 10.9 Å². The zero-order chi connectivity index (χ0) is 17.0. The van der Waals surface area contributed by atoms with E-state index in [2.05, 4.69) is 27.0 Å². The van der Waals surface area contributed by atoms with Gasteiger partial charge < -0.3 is 16.0 Å². The largest absolute Gasteiger partial charge is 0.356 e. The summed E-state index contributed by atoms with van der Waals surface area (Å²) < 4.78 is 0. The minimum Gasteiger partial charge on any atom is -0.356 e. The van der Waals surface area contributed by atoms with Crippen LogP contribution < -0.4 is 16.0 Å². The van der Waals surface area contributed by atoms with E-state index in [1.54, 1.807) is 12.6 Å². The predicted molar refractivity (Wildman–Crippen MR) is 100 cm³/mol. The average molecular weight is 335 g/mol. The van der Waals surface area contributed by atoms with Crippen molar-refractivity contribution in [2.75, 3.05) is 26.7 Å². The second kappa shape index (κ2) is 11.1. The van der Waals surface area contributed by atoms with Gasteiger partial charge in [-0.05, 0) is 44.9 Å². The van der Waals surface area contributed by atoms with Crippen molar-refractivity contribution in [3.8, 4) is 0 Å². The van der Waals surface area contributed by atoms with Gasteiger partial charge in [0.05, 0.1) is 0 Å². The van der Waals surface area contributed by atoms with Crippen molar-refractivity contribution in [1.82, 2.24) is 16.0 Å². The fraction of sp³-hybridized carbons (Fsp3) is 0.789. The van der Waals surface area contributed by atoms with Gasteiger partial charge in [-0.15, -0.1) is 0 Å². The number of hydrogen-bond acceptors (Lipinski definition) is 2. The van der Waals surface area contributed by atoms with Crippen LogP contribution >= 0.6 is 0 Å². The second-order valence-corrected chi connectivity index (χ2v) is 6.91. The van der Waals surface area contributed by atoms with Gasteiger partial charge in [-0.2, -0.15) is 0 Å². The molecule has 0 atom stereocenters. The lowest BCUT2D eigenvalue weighted by Crippen LogP contribution is -2.43. The van der Waals surface area contributed by atoms with Crippen LogP contribution in [0, 0.1) is 5.92 Å². The average Bonchev–Trinajstić information content (AvgIpc) is 2.65. The molecule has 5 nitrogen and oxygen atoms in total. The molecule has 5 heteroatoms. The van der Waals surface area contributed by atoms with E-state index in [1.165, 1.54) is 44.9 Å². The first-order chi connectivity index (χ1) is 11.8. The normalized spacial score (nSPS) is 19.5. The van der Waals surface area contributed by atoms with Crippen LogP contribution in [0.4, 0.5) is 0 Å². The number of hydrogen-bond donors (Lipinski definition) is 3. The molecule has 0 radical (unpaired) electrons. The van der Waals surface area contributed by atoms with Crippen LogP contribution in [0.2, 0.25) is 0 Å². The molecule has 3 N–H and O–H groups in total. The SMILES string of the molecule is CN=C(NCCNC(=O)C1CCCCC1)NCCC1=CCCCC1. The Kier molecular flexibility index (Phi) is 8.71. The van der Waals surface area contributed by atoms with E-state index in [-0.39, 0.29) is 11.8 Å². The number of nitrogens with zero attached hydrogens (tertiary/aromatic N) is 1. The van der Waals surface area contributed by atoms with Crippen LogP contribution in [0.5, 0.6) is 0 Å². The Morgan fingerprint density at radius 1 is 1.04 bits per heavy atom. The Bertz CT molecular complexity index is 439. The molecular formula is C19H34N4O. The maximum atomic E-state index is 12.1. The molecule has 0 saturated heterocycles. The first-order valence-electron chi connectivity index (χ1n) is 9.69. The van der Waals surface area contributed by atoms with Crippen molar-refractivity contribution in [3.05, 3.63) is 11.6 Å². The van der Waals surface area contributed by atoms with Gasteiger partial charge in [0.2, 0.25) is 5.91 Å². The molecule has 2 rings (SSSR count). The van der Waals surface area contributed by atoms with Crippen LogP contribution in [0.3, 0.4) is 0 Å². The Hall–Kier alpha value is -1.52. The Balaban J connectivity index is 1.54. The quantitative estimate of drug-likeness (QED) is 0.290. The minimum atomic E-state index is 0.226. The van der Waals surface area contributed by atoms with Crippen LogP contribution in [0.25, 0.3) is 0 Å². The van der Waals surface area contributed by atoms with E-state index < -0.39 is 0 Å². The molecule has 0 spiro atoms. The number of carbonyl (C=O) groups excluding carboxylic acids is 1. The van der Waals surface area contributed by atoms with E-state index in [4.69, 9.17) is 0 Å². The molecule has 0 unspecified atom stereocenters. The fourth-order valence-corrected chi connectivity index (χ4v) is 3.57. The first-order valence-corrected chi connectivity index (χ1v) is 9.69. The maximum Gasteiger partial charge on any atom is 0.223 e. The van der Waals surface area contributed by atoms with Crippen molar-refractivity contribution in [2.45, 2.75) is 64.2 Å². The minimum absolute atomic E-state index is 0.226. The molecule has 0 aliphatic heterocycles. The molecule has 2 aliphatic rings. The molecule has 0 aromatic heterocycles. The standard InChI is InChI=1S/C19H34N4O/c1-20-19(22-13-12-16-8-4-2-5-9-16)23-15-14-21-18(24)17-10-6-3-7-11-17/h8,17H,2-7,9-15H2,1H3,(H,21,24)(H2,20,22,23). The number of guanidine groups is 1. The van der Waals surface area contributed by atoms with Gasteiger partial charge in [-0.3, -0.25) is 9.79 Å². The van der Waals surface area contributed by atoms with Crippen molar-refractivity contribution in [3.63, 3.8) is 0 Å². The number of rotatable bonds is 7. The summed E-state index contributed by atoms with van der Waals surface area (Å²) in [6.45, 7) is 2.28. The monoisotopic (exact) mass is 334 g/mol. The molecular weight excluding hydrogens is 300 g/mol. The van der Waals surface area contributed by atoms with E-state index in [1.807, 2.05) is 0 Å². The van der Waals surface area contributed by atoms with Crippen LogP contribution in [-0.4, -0.2) is 38.5 Å². The molecule has 0 aromatic rings. The molecule has 0 bridgehead atoms. The third kappa shape index (κ3) is 6.93. The van der Waals surface area contributed by atoms with Crippen LogP contribution in [0.15, 0.2) is 16.6 Å². The zero-order valence-corrected chi connectivity index (χ0v) is 15.2. The van der Waals surface area contributed by atoms with Gasteiger partial charge in [0.25, 0.3) is 0 Å². The summed E-state index contributed by atoms with van der Waals surface area (Å²) in [5.74, 6) is 1.28. The fourth-order valence-electron chi connectivity index (χ4n) is 3.57. The highest BCUT2D eigenvalue weighted by Crippen LogP contribution is 2.23. The number of allylic oxidation sites excluding steroid dienone is 1. The van der Waals surface area contributed by atoms with E-state index >= 15 is 0 Å². The van der Waals surface area contributed by atoms with E-state index in [0.29, 0.717) is 13.1 Å². The molecule has 2 aliphatic carbocycles. The topological polar surface area (TPSA) is 65.5 Å². The number of aliphatic imine (C=N–C) groups is 1. The summed E-state index contributed by atoms with van der Waals surface area (Å²) >= 11 is 0. The van der Waals surface area contributed by atoms with Crippen LogP contribution in [-0.2, 0) is 4.79 Å². The van der Waals surface area contributed by atoms with Gasteiger partial charge >= 0.3 is 0 Å². The number of nitrogens with one attached hydrogen (secondary N) is 3. The lowest BCUT2D eigenvalue weighted by Gasteiger charge is -2.21. The van der Waals surface area contributed by atoms with E-state index in [0.717, 1.165) is 31.8 Å². The summed E-state index contributed by atoms with van der Waals surface area (Å²) in [7, 11) is 1.79. The van der Waals surface area contributed by atoms with Crippen molar-refractivity contribution >= 4 is 11.9 Å². The molecule has 1 saturated carbocycles. The third-order valence-electron chi connectivity index (χ3n) is 5.04. The molecule has 136 valence electrons. The number of carbonyl (C=O) groups is 1. The highest BCUT2D eigenvalue weighted by Gasteiger charge is 2.20. The number of amides is 1. The smallest absolute Gasteiger partial charge is 0.223 e. The Morgan fingerprint density at radius 2 is 1.79 bits per heavy atom. The van der Waals surface area contributed by atoms with Gasteiger partial charge in [-0.1, -0.05) is 30.9 Å². The van der Waals surface area contributed by atoms with Crippen molar-refractivity contribution < 1.29 is 4.79 Å². The van der Waals surface area contributed by atoms with Gasteiger partial charge in [0, 0.05) is 32.6 Å². The van der Waals surface area contributed by atoms with Gasteiger partial charge in [0.1, 0.15) is 0 Å². The lowest BCUT2D eigenvalue weighted by molar-refractivity contribution is -0.125. The summed E-state index contributed by atoms with van der Waals surface area (Å²) in [4.78, 5) is 16.3. The highest BCUT2D eigenvalue weighted by atomic mass is 16.1. The van der Waals surface area contributed by atoms with Crippen LogP contribution in [0.1, 0.15) is 64.2 Å². The lowest BCUT2D eigenvalue weighted by atomic mass is 9.89. The van der Waals surface area contributed by atoms with E-state index in [9.17, 15) is 4.79 Å². The molecule has 1 amide bonds. The predicted octanol–water partition coefficient (Wildman–Crippen LogP) is 2.74. The molecule has 24 heavy (non-hydrogen) atoms. The highest BCUT2D eigenvalue weighted by molar-refractivity contribution is 5.80. The molecule has 0 heterocycles. The zero-order valence-electron chi connectivity index (χ0n) is 15.2. The van der Waals surface area contributed by atoms with Gasteiger partial charge in [0.15, 0.2) is 5.96 Å². The summed E-state index contributed by atoms with van der Waals surface area (Å²) in [5.41, 5.74) is 1.57. The van der Waals surface area contributed by atoms with Crippen molar-refractivity contribution in [1.29, 1.82) is 0 Å². The summed E-state index contributed by atoms with van der Waals surface area (Å²) in [6, 6.07) is 0. The molecule has 0 aromatic carbocycles. The first kappa shape index (κ1) is 18.8. The molecule has 1 fully saturated rings. The Labute approximate surface area is 146 Å².